The van der Waals surface area contributed by atoms with Gasteiger partial charge < -0.3 is 34.7 Å². The summed E-state index contributed by atoms with van der Waals surface area (Å²) in [5, 5.41) is 7.57. The zero-order valence-electron chi connectivity index (χ0n) is 33.3. The van der Waals surface area contributed by atoms with Crippen LogP contribution in [-0.4, -0.2) is 105 Å². The minimum atomic E-state index is -0.535. The molecule has 3 aliphatic rings. The Kier molecular flexibility index (Phi) is 10.8. The number of nitrogens with one attached hydrogen (secondary N) is 3. The number of anilines is 2. The first-order valence-electron chi connectivity index (χ1n) is 20.3. The smallest absolute Gasteiger partial charge is 0.409 e. The summed E-state index contributed by atoms with van der Waals surface area (Å²) >= 11 is 8.04. The Morgan fingerprint density at radius 1 is 0.852 bits per heavy atom. The third-order valence-electron chi connectivity index (χ3n) is 11.7. The number of aromatic nitrogens is 2. The van der Waals surface area contributed by atoms with Crippen LogP contribution in [0.1, 0.15) is 63.7 Å². The number of nitrogens with zero attached hydrogens (tertiary/aromatic N) is 4. The number of alkyl halides is 1. The summed E-state index contributed by atoms with van der Waals surface area (Å²) in [7, 11) is 0. The lowest BCUT2D eigenvalue weighted by molar-refractivity contribution is -0.137. The average molecular weight is 860 g/mol. The van der Waals surface area contributed by atoms with Crippen LogP contribution < -0.4 is 15.0 Å². The number of thiophene rings is 1. The quantitative estimate of drug-likeness (QED) is 0.0688. The van der Waals surface area contributed by atoms with Gasteiger partial charge in [0, 0.05) is 109 Å². The number of ether oxygens (including phenoxy) is 1. The summed E-state index contributed by atoms with van der Waals surface area (Å²) < 4.78 is 6.91. The Bertz CT molecular complexity index is 2750. The van der Waals surface area contributed by atoms with Gasteiger partial charge in [-0.1, -0.05) is 24.6 Å². The second-order valence-corrected chi connectivity index (χ2v) is 16.8. The zero-order valence-corrected chi connectivity index (χ0v) is 34.9. The number of H-pyrrole nitrogens is 2. The Morgan fingerprint density at radius 3 is 2.34 bits per heavy atom. The molecule has 3 N–H and O–H groups in total. The highest BCUT2D eigenvalue weighted by atomic mass is 35.5. The molecule has 3 aliphatic heterocycles. The first-order chi connectivity index (χ1) is 29.6. The fourth-order valence-electron chi connectivity index (χ4n) is 8.49. The van der Waals surface area contributed by atoms with E-state index in [4.69, 9.17) is 16.3 Å². The normalized spacial score (nSPS) is 16.4. The van der Waals surface area contributed by atoms with E-state index < -0.39 is 6.09 Å². The highest BCUT2D eigenvalue weighted by Gasteiger charge is 2.37. The van der Waals surface area contributed by atoms with E-state index in [1.54, 1.807) is 39.0 Å². The van der Waals surface area contributed by atoms with Crippen LogP contribution in [0, 0.1) is 6.92 Å². The number of rotatable bonds is 11. The fraction of sp³-hybridized carbons (Fsp3) is 0.289. The van der Waals surface area contributed by atoms with Gasteiger partial charge in [0.05, 0.1) is 10.4 Å². The number of aromatic amines is 2. The number of benzene rings is 3. The molecule has 0 spiro atoms. The van der Waals surface area contributed by atoms with E-state index in [0.29, 0.717) is 93.5 Å². The van der Waals surface area contributed by atoms with Crippen molar-refractivity contribution in [2.75, 3.05) is 55.4 Å². The number of para-hydroxylation sites is 1. The largest absolute Gasteiger partial charge is 0.415 e. The molecule has 1 atom stereocenters. The summed E-state index contributed by atoms with van der Waals surface area (Å²) in [6.45, 7) is 4.03. The van der Waals surface area contributed by atoms with Crippen LogP contribution in [0.3, 0.4) is 0 Å². The molecule has 1 fully saturated rings. The number of amides is 6. The molecular weight excluding hydrogens is 818 g/mol. The van der Waals surface area contributed by atoms with Gasteiger partial charge in [0.1, 0.15) is 11.4 Å². The van der Waals surface area contributed by atoms with Crippen molar-refractivity contribution in [3.8, 4) is 5.75 Å². The van der Waals surface area contributed by atoms with E-state index in [9.17, 15) is 28.8 Å². The number of carbonyl (C=O) groups is 6. The van der Waals surface area contributed by atoms with Crippen molar-refractivity contribution in [1.29, 1.82) is 0 Å². The summed E-state index contributed by atoms with van der Waals surface area (Å²) in [6.07, 6.45) is 4.32. The Hall–Kier alpha value is -6.45. The third-order valence-corrected chi connectivity index (χ3v) is 13.2. The topological polar surface area (TPSA) is 168 Å². The number of piperazine rings is 1. The minimum Gasteiger partial charge on any atom is -0.409 e. The van der Waals surface area contributed by atoms with Crippen molar-refractivity contribution in [2.45, 2.75) is 38.5 Å². The zero-order chi connectivity index (χ0) is 42.4. The average Bonchev–Trinajstić information content (AvgIpc) is 4.11. The van der Waals surface area contributed by atoms with Gasteiger partial charge in [-0.05, 0) is 72.7 Å². The maximum Gasteiger partial charge on any atom is 0.415 e. The first-order valence-corrected chi connectivity index (χ1v) is 21.7. The summed E-state index contributed by atoms with van der Waals surface area (Å²) in [6, 6.07) is 18.4. The molecule has 0 unspecified atom stereocenters. The SMILES string of the molecule is Cc1csc2c(OC(=O)N3CCN(C(=O)CCCCCN4C(=O)C=CC4=O)CC3)cc3c(c12)[C@H](CCl)CN3C(=O)c1cc2cc(NC(=O)c3cc4ccccc4[nH]3)ccc2[nH]1. The van der Waals surface area contributed by atoms with Gasteiger partial charge in [-0.15, -0.1) is 22.9 Å². The first kappa shape index (κ1) is 40.0. The lowest BCUT2D eigenvalue weighted by Crippen LogP contribution is -2.51. The van der Waals surface area contributed by atoms with Gasteiger partial charge in [0.15, 0.2) is 5.75 Å². The molecule has 0 saturated carbocycles. The number of hydrogen-bond acceptors (Lipinski definition) is 8. The molecule has 0 aliphatic carbocycles. The van der Waals surface area contributed by atoms with Crippen molar-refractivity contribution >= 4 is 102 Å². The lowest BCUT2D eigenvalue weighted by Gasteiger charge is -2.34. The van der Waals surface area contributed by atoms with Crippen molar-refractivity contribution in [2.24, 2.45) is 0 Å². The van der Waals surface area contributed by atoms with Gasteiger partial charge in [-0.2, -0.15) is 0 Å². The molecule has 6 aromatic rings. The van der Waals surface area contributed by atoms with Gasteiger partial charge in [-0.25, -0.2) is 4.79 Å². The van der Waals surface area contributed by atoms with Crippen molar-refractivity contribution in [3.63, 3.8) is 0 Å². The number of fused-ring (bicyclic) bond motifs is 5. The van der Waals surface area contributed by atoms with Crippen LogP contribution >= 0.6 is 22.9 Å². The molecule has 14 nitrogen and oxygen atoms in total. The van der Waals surface area contributed by atoms with Gasteiger partial charge in [-0.3, -0.25) is 28.9 Å². The van der Waals surface area contributed by atoms with Crippen LogP contribution in [0.4, 0.5) is 16.2 Å². The van der Waals surface area contributed by atoms with Crippen LogP contribution in [0.5, 0.6) is 5.75 Å². The molecular formula is C45H42ClN7O7S. The third kappa shape index (κ3) is 7.74. The second-order valence-electron chi connectivity index (χ2n) is 15.6. The summed E-state index contributed by atoms with van der Waals surface area (Å²) in [5.74, 6) is -0.670. The van der Waals surface area contributed by atoms with E-state index in [2.05, 4.69) is 15.3 Å². The van der Waals surface area contributed by atoms with Gasteiger partial charge >= 0.3 is 6.09 Å². The van der Waals surface area contributed by atoms with Crippen LogP contribution in [-0.2, 0) is 14.4 Å². The van der Waals surface area contributed by atoms with E-state index in [1.165, 1.54) is 28.4 Å². The van der Waals surface area contributed by atoms with Crippen LogP contribution in [0.15, 0.2) is 78.2 Å². The van der Waals surface area contributed by atoms with E-state index in [-0.39, 0.29) is 41.3 Å². The van der Waals surface area contributed by atoms with E-state index >= 15 is 0 Å². The molecule has 0 radical (unpaired) electrons. The lowest BCUT2D eigenvalue weighted by atomic mass is 9.97. The number of halogens is 1. The highest BCUT2D eigenvalue weighted by molar-refractivity contribution is 7.17. The monoisotopic (exact) mass is 859 g/mol. The summed E-state index contributed by atoms with van der Waals surface area (Å²) in [5.41, 5.74) is 5.54. The highest BCUT2D eigenvalue weighted by Crippen LogP contribution is 2.49. The molecule has 61 heavy (non-hydrogen) atoms. The predicted molar refractivity (Wildman–Crippen MR) is 235 cm³/mol. The Morgan fingerprint density at radius 2 is 1.57 bits per heavy atom. The standard InChI is InChI=1S/C45H42ClN7O7S/c1-26-25-61-42-36(60-45(59)51-17-15-50(16-18-51)37(54)9-3-2-6-14-52-38(55)12-13-39(52)56)22-35-41(40(26)42)29(23-46)24-53(35)44(58)34-21-28-19-30(10-11-32(28)49-34)47-43(57)33-20-27-7-4-5-8-31(27)48-33/h4-5,7-8,10-13,19-22,25,29,48-49H,2-3,6,9,14-18,23-24H2,1H3,(H,47,57)/t29-/m1/s1. The number of imide groups is 1. The molecule has 6 heterocycles. The summed E-state index contributed by atoms with van der Waals surface area (Å²) in [4.78, 5) is 90.3. The molecule has 1 saturated heterocycles. The predicted octanol–water partition coefficient (Wildman–Crippen LogP) is 7.54. The van der Waals surface area contributed by atoms with Crippen molar-refractivity contribution in [3.05, 3.63) is 101 Å². The number of aryl methyl sites for hydroxylation is 1. The minimum absolute atomic E-state index is 0.000400. The van der Waals surface area contributed by atoms with Gasteiger partial charge in [0.2, 0.25) is 5.91 Å². The molecule has 0 bridgehead atoms. The molecule has 312 valence electrons. The number of unbranched alkanes of at least 4 members (excludes halogenated alkanes) is 2. The van der Waals surface area contributed by atoms with Crippen LogP contribution in [0.25, 0.3) is 31.9 Å². The Labute approximate surface area is 359 Å². The molecule has 6 amide bonds. The maximum absolute atomic E-state index is 14.4. The van der Waals surface area contributed by atoms with Gasteiger partial charge in [0.25, 0.3) is 23.6 Å². The molecule has 3 aromatic carbocycles. The number of carbonyl (C=O) groups excluding carboxylic acids is 6. The molecule has 16 heteroatoms. The number of hydrogen-bond donors (Lipinski definition) is 3. The Balaban J connectivity index is 0.862. The van der Waals surface area contributed by atoms with Crippen molar-refractivity contribution < 1.29 is 33.5 Å². The second kappa shape index (κ2) is 16.5. The molecule has 9 rings (SSSR count). The van der Waals surface area contributed by atoms with Crippen LogP contribution in [0.2, 0.25) is 0 Å². The maximum atomic E-state index is 14.4. The fourth-order valence-corrected chi connectivity index (χ4v) is 9.76. The van der Waals surface area contributed by atoms with E-state index in [1.807, 2.05) is 48.7 Å². The van der Waals surface area contributed by atoms with E-state index in [0.717, 1.165) is 43.0 Å². The molecule has 3 aromatic heterocycles. The van der Waals surface area contributed by atoms with Crippen molar-refractivity contribution in [1.82, 2.24) is 24.7 Å².